The minimum Gasteiger partial charge on any atom is -0.489 e. The summed E-state index contributed by atoms with van der Waals surface area (Å²) in [5, 5.41) is 5.60. The van der Waals surface area contributed by atoms with E-state index in [1.54, 1.807) is 0 Å². The molecule has 0 saturated heterocycles. The molecule has 0 spiro atoms. The van der Waals surface area contributed by atoms with Crippen molar-refractivity contribution < 1.29 is 19.1 Å². The van der Waals surface area contributed by atoms with E-state index in [0.717, 1.165) is 12.0 Å². The Balaban J connectivity index is 1.95. The number of allylic oxidation sites excluding steroid dienone is 1. The third-order valence-corrected chi connectivity index (χ3v) is 4.80. The fourth-order valence-corrected chi connectivity index (χ4v) is 3.35. The number of rotatable bonds is 7. The van der Waals surface area contributed by atoms with Crippen molar-refractivity contribution in [2.24, 2.45) is 0 Å². The predicted molar refractivity (Wildman–Crippen MR) is 110 cm³/mol. The molecular formula is C23H26N2O4. The van der Waals surface area contributed by atoms with Gasteiger partial charge in [0.25, 0.3) is 0 Å². The Morgan fingerprint density at radius 2 is 1.83 bits per heavy atom. The van der Waals surface area contributed by atoms with E-state index >= 15 is 0 Å². The summed E-state index contributed by atoms with van der Waals surface area (Å²) in [4.78, 5) is 24.8. The van der Waals surface area contributed by atoms with E-state index < -0.39 is 12.0 Å². The summed E-state index contributed by atoms with van der Waals surface area (Å²) >= 11 is 0. The van der Waals surface area contributed by atoms with Crippen LogP contribution in [0.15, 0.2) is 59.8 Å². The lowest BCUT2D eigenvalue weighted by molar-refractivity contribution is -0.136. The van der Waals surface area contributed by atoms with E-state index in [-0.39, 0.29) is 6.03 Å². The standard InChI is InChI=1S/C23H26N2O4/c1-4-7-18-20(22(26)28-3)21(25-23(27)24-18)17-8-5-6-9-19(17)29-14-16-12-10-15(2)11-13-16/h5-6,8-13,21H,4,7,14H2,1-3H3,(H2,24,25,27). The first-order chi connectivity index (χ1) is 14.0. The highest BCUT2D eigenvalue weighted by Crippen LogP contribution is 2.34. The highest BCUT2D eigenvalue weighted by Gasteiger charge is 2.34. The van der Waals surface area contributed by atoms with Crippen molar-refractivity contribution >= 4 is 12.0 Å². The number of hydrogen-bond donors (Lipinski definition) is 2. The van der Waals surface area contributed by atoms with E-state index in [2.05, 4.69) is 10.6 Å². The molecule has 1 unspecified atom stereocenters. The number of ether oxygens (including phenoxy) is 2. The number of esters is 1. The van der Waals surface area contributed by atoms with Gasteiger partial charge < -0.3 is 20.1 Å². The van der Waals surface area contributed by atoms with Crippen LogP contribution in [-0.4, -0.2) is 19.1 Å². The molecule has 0 bridgehead atoms. The van der Waals surface area contributed by atoms with Crippen LogP contribution < -0.4 is 15.4 Å². The number of amides is 2. The fourth-order valence-electron chi connectivity index (χ4n) is 3.35. The molecule has 2 aromatic rings. The van der Waals surface area contributed by atoms with Gasteiger partial charge in [-0.1, -0.05) is 61.4 Å². The number of benzene rings is 2. The van der Waals surface area contributed by atoms with Gasteiger partial charge in [0.15, 0.2) is 0 Å². The highest BCUT2D eigenvalue weighted by molar-refractivity contribution is 5.95. The summed E-state index contributed by atoms with van der Waals surface area (Å²) < 4.78 is 11.1. The number of aryl methyl sites for hydroxylation is 1. The molecule has 0 fully saturated rings. The molecule has 0 aliphatic carbocycles. The first-order valence-electron chi connectivity index (χ1n) is 9.69. The molecule has 0 saturated carbocycles. The van der Waals surface area contributed by atoms with Gasteiger partial charge in [0.1, 0.15) is 12.4 Å². The average molecular weight is 394 g/mol. The normalized spacial score (nSPS) is 16.1. The van der Waals surface area contributed by atoms with E-state index in [1.807, 2.05) is 62.4 Å². The van der Waals surface area contributed by atoms with E-state index in [9.17, 15) is 9.59 Å². The van der Waals surface area contributed by atoms with Crippen LogP contribution in [0.25, 0.3) is 0 Å². The Labute approximate surface area is 170 Å². The monoisotopic (exact) mass is 394 g/mol. The van der Waals surface area contributed by atoms with Crippen LogP contribution in [0.3, 0.4) is 0 Å². The molecule has 2 amide bonds. The highest BCUT2D eigenvalue weighted by atomic mass is 16.5. The van der Waals surface area contributed by atoms with E-state index in [1.165, 1.54) is 12.7 Å². The van der Waals surface area contributed by atoms with Crippen LogP contribution in [0.5, 0.6) is 5.75 Å². The smallest absolute Gasteiger partial charge is 0.337 e. The number of carbonyl (C=O) groups excluding carboxylic acids is 2. The second kappa shape index (κ2) is 9.28. The van der Waals surface area contributed by atoms with Crippen LogP contribution in [0, 0.1) is 6.92 Å². The quantitative estimate of drug-likeness (QED) is 0.692. The van der Waals surface area contributed by atoms with Gasteiger partial charge in [-0.3, -0.25) is 0 Å². The number of hydrogen-bond acceptors (Lipinski definition) is 4. The molecule has 6 heteroatoms. The molecule has 3 rings (SSSR count). The largest absolute Gasteiger partial charge is 0.489 e. The van der Waals surface area contributed by atoms with Crippen molar-refractivity contribution in [3.05, 3.63) is 76.5 Å². The molecular weight excluding hydrogens is 368 g/mol. The fraction of sp³-hybridized carbons (Fsp3) is 0.304. The number of carbonyl (C=O) groups is 2. The number of urea groups is 1. The lowest BCUT2D eigenvalue weighted by Gasteiger charge is -2.30. The van der Waals surface area contributed by atoms with Gasteiger partial charge in [-0.2, -0.15) is 0 Å². The van der Waals surface area contributed by atoms with Gasteiger partial charge in [0, 0.05) is 11.3 Å². The van der Waals surface area contributed by atoms with Crippen LogP contribution in [0.4, 0.5) is 4.79 Å². The van der Waals surface area contributed by atoms with Crippen molar-refractivity contribution in [1.82, 2.24) is 10.6 Å². The number of methoxy groups -OCH3 is 1. The molecule has 0 radical (unpaired) electrons. The van der Waals surface area contributed by atoms with Gasteiger partial charge in [-0.15, -0.1) is 0 Å². The molecule has 1 aliphatic rings. The maximum Gasteiger partial charge on any atom is 0.337 e. The Bertz CT molecular complexity index is 919. The van der Waals surface area contributed by atoms with Crippen molar-refractivity contribution in [1.29, 1.82) is 0 Å². The van der Waals surface area contributed by atoms with Crippen LogP contribution in [-0.2, 0) is 16.1 Å². The number of para-hydroxylation sites is 1. The number of nitrogens with one attached hydrogen (secondary N) is 2. The minimum atomic E-state index is -0.646. The summed E-state index contributed by atoms with van der Waals surface area (Å²) in [6.07, 6.45) is 1.36. The van der Waals surface area contributed by atoms with Gasteiger partial charge >= 0.3 is 12.0 Å². The summed E-state index contributed by atoms with van der Waals surface area (Å²) in [6, 6.07) is 14.5. The first-order valence-corrected chi connectivity index (χ1v) is 9.69. The Hall–Kier alpha value is -3.28. The summed E-state index contributed by atoms with van der Waals surface area (Å²) in [5.74, 6) is 0.136. The maximum absolute atomic E-state index is 12.6. The third-order valence-electron chi connectivity index (χ3n) is 4.80. The molecule has 0 aromatic heterocycles. The van der Waals surface area contributed by atoms with Crippen molar-refractivity contribution in [2.45, 2.75) is 39.3 Å². The van der Waals surface area contributed by atoms with Crippen molar-refractivity contribution in [3.63, 3.8) is 0 Å². The Kier molecular flexibility index (Phi) is 6.54. The zero-order valence-electron chi connectivity index (χ0n) is 17.0. The zero-order chi connectivity index (χ0) is 20.8. The molecule has 1 heterocycles. The molecule has 1 atom stereocenters. The van der Waals surface area contributed by atoms with Gasteiger partial charge in [0.05, 0.1) is 18.7 Å². The minimum absolute atomic E-state index is 0.348. The SMILES string of the molecule is CCCC1=C(C(=O)OC)C(c2ccccc2OCc2ccc(C)cc2)NC(=O)N1. The summed E-state index contributed by atoms with van der Waals surface area (Å²) in [7, 11) is 1.34. The van der Waals surface area contributed by atoms with Gasteiger partial charge in [0.2, 0.25) is 0 Å². The molecule has 6 nitrogen and oxygen atoms in total. The van der Waals surface area contributed by atoms with Crippen LogP contribution in [0.1, 0.15) is 42.5 Å². The summed E-state index contributed by atoms with van der Waals surface area (Å²) in [5.41, 5.74) is 3.92. The molecule has 1 aliphatic heterocycles. The molecule has 29 heavy (non-hydrogen) atoms. The van der Waals surface area contributed by atoms with Crippen molar-refractivity contribution in [2.75, 3.05) is 7.11 Å². The third kappa shape index (κ3) is 4.77. The van der Waals surface area contributed by atoms with Crippen LogP contribution >= 0.6 is 0 Å². The lowest BCUT2D eigenvalue weighted by Crippen LogP contribution is -2.46. The second-order valence-electron chi connectivity index (χ2n) is 6.98. The second-order valence-corrected chi connectivity index (χ2v) is 6.98. The van der Waals surface area contributed by atoms with Crippen molar-refractivity contribution in [3.8, 4) is 5.75 Å². The molecule has 152 valence electrons. The maximum atomic E-state index is 12.6. The van der Waals surface area contributed by atoms with E-state index in [0.29, 0.717) is 35.6 Å². The van der Waals surface area contributed by atoms with Gasteiger partial charge in [-0.25, -0.2) is 9.59 Å². The lowest BCUT2D eigenvalue weighted by atomic mass is 9.93. The van der Waals surface area contributed by atoms with Gasteiger partial charge in [-0.05, 0) is 25.0 Å². The molecule has 2 N–H and O–H groups in total. The zero-order valence-corrected chi connectivity index (χ0v) is 17.0. The average Bonchev–Trinajstić information content (AvgIpc) is 2.73. The Morgan fingerprint density at radius 1 is 1.10 bits per heavy atom. The molecule has 2 aromatic carbocycles. The Morgan fingerprint density at radius 3 is 2.52 bits per heavy atom. The van der Waals surface area contributed by atoms with Crippen LogP contribution in [0.2, 0.25) is 0 Å². The first kappa shape index (κ1) is 20.5. The topological polar surface area (TPSA) is 76.7 Å². The predicted octanol–water partition coefficient (Wildman–Crippen LogP) is 4.16. The van der Waals surface area contributed by atoms with E-state index in [4.69, 9.17) is 9.47 Å². The summed E-state index contributed by atoms with van der Waals surface area (Å²) in [6.45, 7) is 4.41.